The number of carbonyl (C=O) groups excluding carboxylic acids is 1. The number of amides is 1. The van der Waals surface area contributed by atoms with Gasteiger partial charge in [-0.25, -0.2) is 4.98 Å². The van der Waals surface area contributed by atoms with Gasteiger partial charge in [-0.05, 0) is 45.8 Å². The third-order valence-electron chi connectivity index (χ3n) is 4.92. The zero-order chi connectivity index (χ0) is 19.5. The maximum atomic E-state index is 12.9. The van der Waals surface area contributed by atoms with Crippen molar-refractivity contribution in [3.05, 3.63) is 69.5 Å². The predicted molar refractivity (Wildman–Crippen MR) is 112 cm³/mol. The van der Waals surface area contributed by atoms with Crippen molar-refractivity contribution >= 4 is 39.1 Å². The average Bonchev–Trinajstić information content (AvgIpc) is 3.11. The molecule has 3 aromatic rings. The molecule has 1 aliphatic heterocycles. The predicted octanol–water partition coefficient (Wildman–Crippen LogP) is 3.55. The van der Waals surface area contributed by atoms with Gasteiger partial charge in [0.25, 0.3) is 5.91 Å². The average molecular weight is 464 g/mol. The van der Waals surface area contributed by atoms with Crippen LogP contribution in [-0.2, 0) is 4.74 Å². The van der Waals surface area contributed by atoms with Crippen LogP contribution in [0, 0.1) is 0 Å². The summed E-state index contributed by atoms with van der Waals surface area (Å²) >= 11 is 9.51. The highest BCUT2D eigenvalue weighted by molar-refractivity contribution is 9.10. The van der Waals surface area contributed by atoms with Gasteiger partial charge in [-0.15, -0.1) is 0 Å². The Morgan fingerprint density at radius 2 is 1.96 bits per heavy atom. The largest absolute Gasteiger partial charge is 0.379 e. The van der Waals surface area contributed by atoms with Crippen LogP contribution in [0.15, 0.2) is 53.3 Å². The van der Waals surface area contributed by atoms with E-state index < -0.39 is 0 Å². The van der Waals surface area contributed by atoms with E-state index in [9.17, 15) is 4.79 Å². The van der Waals surface area contributed by atoms with Gasteiger partial charge in [-0.3, -0.25) is 14.1 Å². The molecule has 0 spiro atoms. The van der Waals surface area contributed by atoms with Crippen LogP contribution in [0.25, 0.3) is 5.65 Å². The van der Waals surface area contributed by atoms with Crippen molar-refractivity contribution in [2.45, 2.75) is 6.04 Å². The monoisotopic (exact) mass is 462 g/mol. The van der Waals surface area contributed by atoms with Gasteiger partial charge in [-0.2, -0.15) is 0 Å². The van der Waals surface area contributed by atoms with Gasteiger partial charge < -0.3 is 10.1 Å². The van der Waals surface area contributed by atoms with Crippen molar-refractivity contribution in [2.24, 2.45) is 0 Å². The number of halogens is 2. The summed E-state index contributed by atoms with van der Waals surface area (Å²) in [4.78, 5) is 19.6. The first-order chi connectivity index (χ1) is 13.6. The number of morpholine rings is 1. The van der Waals surface area contributed by atoms with Crippen molar-refractivity contribution in [2.75, 3.05) is 32.8 Å². The van der Waals surface area contributed by atoms with Crippen molar-refractivity contribution in [3.63, 3.8) is 0 Å². The van der Waals surface area contributed by atoms with E-state index in [1.807, 2.05) is 36.4 Å². The lowest BCUT2D eigenvalue weighted by molar-refractivity contribution is 0.0162. The Balaban J connectivity index is 1.55. The van der Waals surface area contributed by atoms with E-state index in [1.165, 1.54) is 0 Å². The van der Waals surface area contributed by atoms with E-state index in [0.717, 1.165) is 28.9 Å². The summed E-state index contributed by atoms with van der Waals surface area (Å²) in [5.41, 5.74) is 2.38. The van der Waals surface area contributed by atoms with Gasteiger partial charge >= 0.3 is 0 Å². The number of aromatic nitrogens is 2. The zero-order valence-electron chi connectivity index (χ0n) is 15.1. The summed E-state index contributed by atoms with van der Waals surface area (Å²) in [5.74, 6) is -0.142. The van der Waals surface area contributed by atoms with E-state index in [2.05, 4.69) is 31.1 Å². The maximum absolute atomic E-state index is 12.9. The number of hydrogen-bond donors (Lipinski definition) is 1. The number of benzene rings is 1. The molecular formula is C20H20BrClN4O2. The van der Waals surface area contributed by atoms with Crippen LogP contribution in [0.4, 0.5) is 0 Å². The van der Waals surface area contributed by atoms with Crippen molar-refractivity contribution in [1.82, 2.24) is 19.6 Å². The lowest BCUT2D eigenvalue weighted by Gasteiger charge is -2.35. The molecule has 1 saturated heterocycles. The van der Waals surface area contributed by atoms with Crippen LogP contribution in [0.2, 0.25) is 5.02 Å². The quantitative estimate of drug-likeness (QED) is 0.629. The molecule has 146 valence electrons. The molecule has 28 heavy (non-hydrogen) atoms. The lowest BCUT2D eigenvalue weighted by Crippen LogP contribution is -2.44. The maximum Gasteiger partial charge on any atom is 0.268 e. The second-order valence-corrected chi connectivity index (χ2v) is 7.86. The zero-order valence-corrected chi connectivity index (χ0v) is 17.5. The van der Waals surface area contributed by atoms with Gasteiger partial charge in [0.2, 0.25) is 0 Å². The SMILES string of the molecule is O=C(NCC(c1ccc(Cl)cc1)N1CCOCC1)c1cccc2ncc(Br)n12. The van der Waals surface area contributed by atoms with Crippen LogP contribution >= 0.6 is 27.5 Å². The second-order valence-electron chi connectivity index (χ2n) is 6.61. The van der Waals surface area contributed by atoms with Gasteiger partial charge in [-0.1, -0.05) is 29.8 Å². The molecule has 1 unspecified atom stereocenters. The number of rotatable bonds is 5. The topological polar surface area (TPSA) is 58.9 Å². The molecule has 3 heterocycles. The van der Waals surface area contributed by atoms with E-state index in [4.69, 9.17) is 16.3 Å². The first-order valence-corrected chi connectivity index (χ1v) is 10.3. The van der Waals surface area contributed by atoms with Gasteiger partial charge in [0, 0.05) is 24.7 Å². The minimum atomic E-state index is -0.142. The third kappa shape index (κ3) is 4.07. The fraction of sp³-hybridized carbons (Fsp3) is 0.300. The molecule has 0 bridgehead atoms. The van der Waals surface area contributed by atoms with Gasteiger partial charge in [0.05, 0.1) is 25.5 Å². The summed E-state index contributed by atoms with van der Waals surface area (Å²) in [5, 5.41) is 3.79. The first kappa shape index (κ1) is 19.4. The van der Waals surface area contributed by atoms with Gasteiger partial charge in [0.1, 0.15) is 15.9 Å². The molecule has 0 radical (unpaired) electrons. The molecule has 2 aromatic heterocycles. The summed E-state index contributed by atoms with van der Waals surface area (Å²) in [7, 11) is 0. The Labute approximate surface area is 176 Å². The van der Waals surface area contributed by atoms with Crippen LogP contribution in [0.5, 0.6) is 0 Å². The number of nitrogens with zero attached hydrogens (tertiary/aromatic N) is 3. The molecule has 6 nitrogen and oxygen atoms in total. The van der Waals surface area contributed by atoms with Crippen LogP contribution in [0.3, 0.4) is 0 Å². The molecule has 1 aromatic carbocycles. The second kappa shape index (κ2) is 8.61. The highest BCUT2D eigenvalue weighted by Gasteiger charge is 2.24. The molecule has 1 amide bonds. The molecular weight excluding hydrogens is 444 g/mol. The molecule has 0 saturated carbocycles. The summed E-state index contributed by atoms with van der Waals surface area (Å²) in [6.07, 6.45) is 1.69. The molecule has 8 heteroatoms. The minimum absolute atomic E-state index is 0.0514. The molecule has 1 fully saturated rings. The Hall–Kier alpha value is -1.93. The number of nitrogens with one attached hydrogen (secondary N) is 1. The highest BCUT2D eigenvalue weighted by atomic mass is 79.9. The molecule has 0 aliphatic carbocycles. The van der Waals surface area contributed by atoms with E-state index in [-0.39, 0.29) is 11.9 Å². The number of fused-ring (bicyclic) bond motifs is 1. The fourth-order valence-electron chi connectivity index (χ4n) is 3.49. The standard InChI is InChI=1S/C20H20BrClN4O2/c21-18-13-23-19-3-1-2-16(26(18)19)20(27)24-12-17(25-8-10-28-11-9-25)14-4-6-15(22)7-5-14/h1-7,13,17H,8-12H2,(H,24,27). The van der Waals surface area contributed by atoms with Gasteiger partial charge in [0.15, 0.2) is 0 Å². The van der Waals surface area contributed by atoms with Crippen LogP contribution < -0.4 is 5.32 Å². The molecule has 1 N–H and O–H groups in total. The minimum Gasteiger partial charge on any atom is -0.379 e. The van der Waals surface area contributed by atoms with Crippen LogP contribution in [-0.4, -0.2) is 53.0 Å². The third-order valence-corrected chi connectivity index (χ3v) is 5.73. The summed E-state index contributed by atoms with van der Waals surface area (Å²) in [6.45, 7) is 3.53. The normalized spacial score (nSPS) is 16.2. The molecule has 1 aliphatic rings. The highest BCUT2D eigenvalue weighted by Crippen LogP contribution is 2.23. The van der Waals surface area contributed by atoms with Crippen molar-refractivity contribution in [3.8, 4) is 0 Å². The Morgan fingerprint density at radius 1 is 1.21 bits per heavy atom. The Morgan fingerprint density at radius 3 is 2.71 bits per heavy atom. The van der Waals surface area contributed by atoms with E-state index in [0.29, 0.717) is 30.5 Å². The lowest BCUT2D eigenvalue weighted by atomic mass is 10.0. The summed E-state index contributed by atoms with van der Waals surface area (Å²) < 4.78 is 8.03. The fourth-order valence-corrected chi connectivity index (χ4v) is 4.09. The Kier molecular flexibility index (Phi) is 5.96. The van der Waals surface area contributed by atoms with Crippen molar-refractivity contribution < 1.29 is 9.53 Å². The number of hydrogen-bond acceptors (Lipinski definition) is 4. The van der Waals surface area contributed by atoms with Crippen molar-refractivity contribution in [1.29, 1.82) is 0 Å². The first-order valence-electron chi connectivity index (χ1n) is 9.11. The molecule has 1 atom stereocenters. The van der Waals surface area contributed by atoms with Crippen LogP contribution in [0.1, 0.15) is 22.1 Å². The molecule has 4 rings (SSSR count). The number of pyridine rings is 1. The number of ether oxygens (including phenoxy) is 1. The summed E-state index contributed by atoms with van der Waals surface area (Å²) in [6, 6.07) is 13.3. The number of imidazole rings is 1. The Bertz CT molecular complexity index is 970. The van der Waals surface area contributed by atoms with E-state index >= 15 is 0 Å². The smallest absolute Gasteiger partial charge is 0.268 e. The number of carbonyl (C=O) groups is 1. The van der Waals surface area contributed by atoms with E-state index in [1.54, 1.807) is 16.7 Å².